The average Bonchev–Trinajstić information content (AvgIpc) is 2.27. The molecule has 0 aliphatic rings. The molecule has 1 nitrogen and oxygen atoms in total. The van der Waals surface area contributed by atoms with Crippen molar-refractivity contribution in [3.05, 3.63) is 29.3 Å². The van der Waals surface area contributed by atoms with Gasteiger partial charge in [0.2, 0.25) is 0 Å². The van der Waals surface area contributed by atoms with Crippen LogP contribution in [0.25, 0.3) is 0 Å². The fourth-order valence-corrected chi connectivity index (χ4v) is 1.53. The third-order valence-corrected chi connectivity index (χ3v) is 2.51. The van der Waals surface area contributed by atoms with Gasteiger partial charge in [0.25, 0.3) is 0 Å². The Labute approximate surface area is 101 Å². The first-order valence-electron chi connectivity index (χ1n) is 6.26. The predicted molar refractivity (Wildman–Crippen MR) is 72.3 cm³/mol. The summed E-state index contributed by atoms with van der Waals surface area (Å²) in [4.78, 5) is 0. The molecule has 0 aromatic heterocycles. The van der Waals surface area contributed by atoms with Crippen LogP contribution in [0.1, 0.15) is 50.7 Å². The molecule has 16 heavy (non-hydrogen) atoms. The van der Waals surface area contributed by atoms with Gasteiger partial charge < -0.3 is 4.74 Å². The molecule has 0 amide bonds. The van der Waals surface area contributed by atoms with Gasteiger partial charge in [-0.3, -0.25) is 0 Å². The van der Waals surface area contributed by atoms with Crippen molar-refractivity contribution in [2.45, 2.75) is 53.4 Å². The van der Waals surface area contributed by atoms with Crippen molar-refractivity contribution >= 4 is 0 Å². The second-order valence-electron chi connectivity index (χ2n) is 4.18. The fraction of sp³-hybridized carbons (Fsp3) is 0.600. The van der Waals surface area contributed by atoms with Gasteiger partial charge in [-0.1, -0.05) is 57.2 Å². The highest BCUT2D eigenvalue weighted by Gasteiger charge is 1.94. The first kappa shape index (κ1) is 15.0. The van der Waals surface area contributed by atoms with Crippen LogP contribution in [0.15, 0.2) is 18.2 Å². The second kappa shape index (κ2) is 9.26. The van der Waals surface area contributed by atoms with Gasteiger partial charge in [0.15, 0.2) is 0 Å². The number of unbranched alkanes of at least 4 members (excludes halogenated alkanes) is 3. The molecule has 0 atom stereocenters. The van der Waals surface area contributed by atoms with E-state index in [-0.39, 0.29) is 0 Å². The Hall–Kier alpha value is -0.980. The van der Waals surface area contributed by atoms with E-state index in [1.807, 2.05) is 19.1 Å². The maximum Gasteiger partial charge on any atom is 0.121 e. The molecular formula is C15H26O. The summed E-state index contributed by atoms with van der Waals surface area (Å²) < 4.78 is 5.10. The third-order valence-electron chi connectivity index (χ3n) is 2.51. The Morgan fingerprint density at radius 2 is 1.56 bits per heavy atom. The highest BCUT2D eigenvalue weighted by atomic mass is 16.5. The normalized spacial score (nSPS) is 9.31. The molecule has 0 aliphatic carbocycles. The molecule has 1 rings (SSSR count). The van der Waals surface area contributed by atoms with Gasteiger partial charge in [-0.2, -0.15) is 0 Å². The molecule has 0 unspecified atom stereocenters. The lowest BCUT2D eigenvalue weighted by molar-refractivity contribution is 0.411. The number of benzene rings is 1. The van der Waals surface area contributed by atoms with Gasteiger partial charge in [-0.15, -0.1) is 0 Å². The summed E-state index contributed by atoms with van der Waals surface area (Å²) in [7, 11) is 1.69. The van der Waals surface area contributed by atoms with Crippen LogP contribution < -0.4 is 4.74 Å². The van der Waals surface area contributed by atoms with Gasteiger partial charge in [0.1, 0.15) is 5.75 Å². The van der Waals surface area contributed by atoms with Gasteiger partial charge in [-0.25, -0.2) is 0 Å². The molecule has 0 fully saturated rings. The Balaban J connectivity index is 0.000000325. The molecular weight excluding hydrogens is 196 g/mol. The molecule has 0 aliphatic heterocycles. The SMILES string of the molecule is CCCCCC.COc1ccc(C)cc1C. The van der Waals surface area contributed by atoms with Crippen LogP contribution in [0.5, 0.6) is 5.75 Å². The van der Waals surface area contributed by atoms with E-state index in [4.69, 9.17) is 4.74 Å². The molecule has 1 aromatic rings. The van der Waals surface area contributed by atoms with Crippen LogP contribution in [0.4, 0.5) is 0 Å². The molecule has 1 heteroatoms. The largest absolute Gasteiger partial charge is 0.496 e. The summed E-state index contributed by atoms with van der Waals surface area (Å²) in [5, 5.41) is 0. The van der Waals surface area contributed by atoms with Crippen molar-refractivity contribution in [3.8, 4) is 5.75 Å². The zero-order valence-electron chi connectivity index (χ0n) is 11.5. The topological polar surface area (TPSA) is 9.23 Å². The standard InChI is InChI=1S/C9H12O.C6H14/c1-7-4-5-9(10-3)8(2)6-7;1-3-5-6-4-2/h4-6H,1-3H3;3-6H2,1-2H3. The van der Waals surface area contributed by atoms with Crippen LogP contribution in [-0.4, -0.2) is 7.11 Å². The van der Waals surface area contributed by atoms with E-state index < -0.39 is 0 Å². The quantitative estimate of drug-likeness (QED) is 0.658. The third kappa shape index (κ3) is 6.49. The number of hydrogen-bond acceptors (Lipinski definition) is 1. The zero-order chi connectivity index (χ0) is 12.4. The molecule has 1 aromatic carbocycles. The van der Waals surface area contributed by atoms with Gasteiger partial charge in [0, 0.05) is 0 Å². The summed E-state index contributed by atoms with van der Waals surface area (Å²) >= 11 is 0. The van der Waals surface area contributed by atoms with E-state index in [9.17, 15) is 0 Å². The van der Waals surface area contributed by atoms with E-state index in [0.29, 0.717) is 0 Å². The molecule has 0 saturated heterocycles. The Bertz CT molecular complexity index is 275. The first-order chi connectivity index (χ1) is 7.65. The minimum Gasteiger partial charge on any atom is -0.496 e. The number of ether oxygens (including phenoxy) is 1. The molecule has 0 heterocycles. The molecule has 0 N–H and O–H groups in total. The van der Waals surface area contributed by atoms with Crippen LogP contribution in [-0.2, 0) is 0 Å². The summed E-state index contributed by atoms with van der Waals surface area (Å²) in [6.07, 6.45) is 5.54. The number of aryl methyl sites for hydroxylation is 2. The minimum atomic E-state index is 0.964. The predicted octanol–water partition coefficient (Wildman–Crippen LogP) is 4.90. The lowest BCUT2D eigenvalue weighted by Crippen LogP contribution is -1.86. The Morgan fingerprint density at radius 3 is 1.94 bits per heavy atom. The van der Waals surface area contributed by atoms with Gasteiger partial charge in [0.05, 0.1) is 7.11 Å². The van der Waals surface area contributed by atoms with Crippen LogP contribution in [0.2, 0.25) is 0 Å². The highest BCUT2D eigenvalue weighted by molar-refractivity contribution is 5.35. The smallest absolute Gasteiger partial charge is 0.121 e. The van der Waals surface area contributed by atoms with Gasteiger partial charge >= 0.3 is 0 Å². The van der Waals surface area contributed by atoms with Crippen molar-refractivity contribution in [3.63, 3.8) is 0 Å². The number of methoxy groups -OCH3 is 1. The van der Waals surface area contributed by atoms with E-state index in [1.165, 1.54) is 36.8 Å². The summed E-state index contributed by atoms with van der Waals surface area (Å²) in [5.74, 6) is 0.964. The van der Waals surface area contributed by atoms with E-state index in [0.717, 1.165) is 5.75 Å². The van der Waals surface area contributed by atoms with Gasteiger partial charge in [-0.05, 0) is 25.5 Å². The average molecular weight is 222 g/mol. The summed E-state index contributed by atoms with van der Waals surface area (Å²) in [5.41, 5.74) is 2.47. The highest BCUT2D eigenvalue weighted by Crippen LogP contribution is 2.17. The lowest BCUT2D eigenvalue weighted by Gasteiger charge is -2.03. The van der Waals surface area contributed by atoms with Crippen LogP contribution in [0, 0.1) is 13.8 Å². The van der Waals surface area contributed by atoms with Crippen LogP contribution in [0.3, 0.4) is 0 Å². The number of rotatable bonds is 4. The monoisotopic (exact) mass is 222 g/mol. The van der Waals surface area contributed by atoms with Crippen LogP contribution >= 0.6 is 0 Å². The lowest BCUT2D eigenvalue weighted by atomic mass is 10.1. The molecule has 92 valence electrons. The van der Waals surface area contributed by atoms with Crippen molar-refractivity contribution in [2.75, 3.05) is 7.11 Å². The zero-order valence-corrected chi connectivity index (χ0v) is 11.5. The van der Waals surface area contributed by atoms with Crippen molar-refractivity contribution in [2.24, 2.45) is 0 Å². The molecule has 0 radical (unpaired) electrons. The van der Waals surface area contributed by atoms with E-state index in [1.54, 1.807) is 7.11 Å². The second-order valence-corrected chi connectivity index (χ2v) is 4.18. The van der Waals surface area contributed by atoms with Crippen molar-refractivity contribution < 1.29 is 4.74 Å². The summed E-state index contributed by atoms with van der Waals surface area (Å²) in [6.45, 7) is 8.59. The van der Waals surface area contributed by atoms with E-state index in [2.05, 4.69) is 26.8 Å². The maximum absolute atomic E-state index is 5.10. The van der Waals surface area contributed by atoms with Crippen molar-refractivity contribution in [1.29, 1.82) is 0 Å². The molecule has 0 bridgehead atoms. The number of hydrogen-bond donors (Lipinski definition) is 0. The fourth-order valence-electron chi connectivity index (χ4n) is 1.53. The van der Waals surface area contributed by atoms with E-state index >= 15 is 0 Å². The first-order valence-corrected chi connectivity index (χ1v) is 6.26. The Morgan fingerprint density at radius 1 is 1.00 bits per heavy atom. The van der Waals surface area contributed by atoms with Crippen molar-refractivity contribution in [1.82, 2.24) is 0 Å². The summed E-state index contributed by atoms with van der Waals surface area (Å²) in [6, 6.07) is 6.15. The molecule has 0 spiro atoms. The minimum absolute atomic E-state index is 0.964. The molecule has 0 saturated carbocycles. The Kier molecular flexibility index (Phi) is 8.69. The maximum atomic E-state index is 5.10.